The van der Waals surface area contributed by atoms with Crippen LogP contribution in [0.2, 0.25) is 0 Å². The number of alkyl halides is 1. The van der Waals surface area contributed by atoms with Gasteiger partial charge in [-0.3, -0.25) is 0 Å². The van der Waals surface area contributed by atoms with Gasteiger partial charge in [-0.15, -0.1) is 11.6 Å². The standard InChI is InChI=1S/C8H10BrClO/c1-6(10)2-3-8-7(9)4-5-11-8/h4-6H,2-3H2,1H3. The highest BCUT2D eigenvalue weighted by atomic mass is 79.9. The first-order chi connectivity index (χ1) is 5.20. The number of hydrogen-bond acceptors (Lipinski definition) is 1. The molecule has 0 saturated carbocycles. The van der Waals surface area contributed by atoms with E-state index in [1.54, 1.807) is 6.26 Å². The van der Waals surface area contributed by atoms with Gasteiger partial charge in [0.15, 0.2) is 0 Å². The Bertz CT molecular complexity index is 220. The zero-order valence-electron chi connectivity index (χ0n) is 6.31. The molecule has 11 heavy (non-hydrogen) atoms. The molecule has 1 rings (SSSR count). The Labute approximate surface area is 79.9 Å². The molecule has 0 aliphatic carbocycles. The average Bonchev–Trinajstić information content (AvgIpc) is 2.31. The van der Waals surface area contributed by atoms with Crippen LogP contribution in [0.15, 0.2) is 21.2 Å². The Hall–Kier alpha value is 0.0500. The smallest absolute Gasteiger partial charge is 0.117 e. The Morgan fingerprint density at radius 2 is 2.45 bits per heavy atom. The summed E-state index contributed by atoms with van der Waals surface area (Å²) in [5, 5.41) is 0.215. The predicted molar refractivity (Wildman–Crippen MR) is 50.0 cm³/mol. The lowest BCUT2D eigenvalue weighted by molar-refractivity contribution is 0.499. The van der Waals surface area contributed by atoms with Crippen LogP contribution in [0, 0.1) is 0 Å². The second-order valence-electron chi connectivity index (χ2n) is 2.51. The molecule has 0 aromatic carbocycles. The van der Waals surface area contributed by atoms with Crippen molar-refractivity contribution >= 4 is 27.5 Å². The molecular weight excluding hydrogens is 227 g/mol. The second-order valence-corrected chi connectivity index (χ2v) is 4.11. The van der Waals surface area contributed by atoms with Gasteiger partial charge in [0.05, 0.1) is 10.7 Å². The van der Waals surface area contributed by atoms with Crippen LogP contribution >= 0.6 is 27.5 Å². The minimum Gasteiger partial charge on any atom is -0.468 e. The summed E-state index contributed by atoms with van der Waals surface area (Å²) in [5.74, 6) is 0.984. The number of rotatable bonds is 3. The fourth-order valence-corrected chi connectivity index (χ4v) is 1.34. The third-order valence-corrected chi connectivity index (χ3v) is 2.39. The van der Waals surface area contributed by atoms with Crippen molar-refractivity contribution in [3.05, 3.63) is 22.6 Å². The molecular formula is C8H10BrClO. The maximum atomic E-state index is 5.79. The van der Waals surface area contributed by atoms with Gasteiger partial charge in [0, 0.05) is 11.8 Å². The van der Waals surface area contributed by atoms with Crippen molar-refractivity contribution in [1.29, 1.82) is 0 Å². The summed E-state index contributed by atoms with van der Waals surface area (Å²) in [7, 11) is 0. The van der Waals surface area contributed by atoms with Gasteiger partial charge in [-0.05, 0) is 35.3 Å². The molecule has 62 valence electrons. The van der Waals surface area contributed by atoms with E-state index in [2.05, 4.69) is 15.9 Å². The van der Waals surface area contributed by atoms with E-state index < -0.39 is 0 Å². The molecule has 1 heterocycles. The minimum absolute atomic E-state index is 0.215. The Morgan fingerprint density at radius 3 is 2.91 bits per heavy atom. The van der Waals surface area contributed by atoms with Crippen LogP contribution in [-0.4, -0.2) is 5.38 Å². The van der Waals surface area contributed by atoms with Crippen molar-refractivity contribution in [3.8, 4) is 0 Å². The lowest BCUT2D eigenvalue weighted by Crippen LogP contribution is -1.93. The van der Waals surface area contributed by atoms with Gasteiger partial charge in [-0.25, -0.2) is 0 Å². The first-order valence-corrected chi connectivity index (χ1v) is 4.79. The summed E-state index contributed by atoms with van der Waals surface area (Å²) in [4.78, 5) is 0. The van der Waals surface area contributed by atoms with Crippen molar-refractivity contribution < 1.29 is 4.42 Å². The van der Waals surface area contributed by atoms with Crippen LogP contribution in [0.1, 0.15) is 19.1 Å². The molecule has 0 saturated heterocycles. The highest BCUT2D eigenvalue weighted by Crippen LogP contribution is 2.20. The van der Waals surface area contributed by atoms with Crippen LogP contribution in [0.25, 0.3) is 0 Å². The number of hydrogen-bond donors (Lipinski definition) is 0. The van der Waals surface area contributed by atoms with E-state index in [0.717, 1.165) is 23.1 Å². The first kappa shape index (κ1) is 9.14. The fraction of sp³-hybridized carbons (Fsp3) is 0.500. The van der Waals surface area contributed by atoms with Gasteiger partial charge < -0.3 is 4.42 Å². The zero-order chi connectivity index (χ0) is 8.27. The minimum atomic E-state index is 0.215. The van der Waals surface area contributed by atoms with Gasteiger partial charge >= 0.3 is 0 Å². The van der Waals surface area contributed by atoms with E-state index in [9.17, 15) is 0 Å². The molecule has 3 heteroatoms. The van der Waals surface area contributed by atoms with Gasteiger partial charge in [0.2, 0.25) is 0 Å². The monoisotopic (exact) mass is 236 g/mol. The molecule has 0 fully saturated rings. The predicted octanol–water partition coefficient (Wildman–Crippen LogP) is 3.60. The van der Waals surface area contributed by atoms with E-state index in [0.29, 0.717) is 0 Å². The molecule has 0 bridgehead atoms. The summed E-state index contributed by atoms with van der Waals surface area (Å²) in [6.45, 7) is 1.98. The van der Waals surface area contributed by atoms with Crippen LogP contribution in [0.5, 0.6) is 0 Å². The van der Waals surface area contributed by atoms with Crippen molar-refractivity contribution in [2.45, 2.75) is 25.1 Å². The van der Waals surface area contributed by atoms with Gasteiger partial charge in [0.1, 0.15) is 5.76 Å². The summed E-state index contributed by atoms with van der Waals surface area (Å²) < 4.78 is 6.25. The number of aryl methyl sites for hydroxylation is 1. The molecule has 0 spiro atoms. The fourth-order valence-electron chi connectivity index (χ4n) is 0.833. The van der Waals surface area contributed by atoms with E-state index >= 15 is 0 Å². The third-order valence-electron chi connectivity index (χ3n) is 1.46. The summed E-state index contributed by atoms with van der Waals surface area (Å²) in [6, 6.07) is 1.90. The molecule has 1 nitrogen and oxygen atoms in total. The highest BCUT2D eigenvalue weighted by Gasteiger charge is 2.04. The largest absolute Gasteiger partial charge is 0.468 e. The molecule has 0 N–H and O–H groups in total. The first-order valence-electron chi connectivity index (χ1n) is 3.56. The Morgan fingerprint density at radius 1 is 1.73 bits per heavy atom. The summed E-state index contributed by atoms with van der Waals surface area (Å²) >= 11 is 9.17. The molecule has 0 amide bonds. The van der Waals surface area contributed by atoms with Crippen molar-refractivity contribution in [2.24, 2.45) is 0 Å². The molecule has 0 radical (unpaired) electrons. The normalized spacial score (nSPS) is 13.4. The molecule has 0 aliphatic rings. The van der Waals surface area contributed by atoms with E-state index in [4.69, 9.17) is 16.0 Å². The quantitative estimate of drug-likeness (QED) is 0.732. The lowest BCUT2D eigenvalue weighted by Gasteiger charge is -1.99. The summed E-state index contributed by atoms with van der Waals surface area (Å²) in [6.07, 6.45) is 3.53. The van der Waals surface area contributed by atoms with Gasteiger partial charge in [0.25, 0.3) is 0 Å². The van der Waals surface area contributed by atoms with Crippen LogP contribution in [-0.2, 0) is 6.42 Å². The van der Waals surface area contributed by atoms with Crippen LogP contribution < -0.4 is 0 Å². The summed E-state index contributed by atoms with van der Waals surface area (Å²) in [5.41, 5.74) is 0. The highest BCUT2D eigenvalue weighted by molar-refractivity contribution is 9.10. The molecule has 1 unspecified atom stereocenters. The Balaban J connectivity index is 2.44. The average molecular weight is 238 g/mol. The zero-order valence-corrected chi connectivity index (χ0v) is 8.65. The Kier molecular flexibility index (Phi) is 3.46. The molecule has 1 aromatic rings. The van der Waals surface area contributed by atoms with Crippen molar-refractivity contribution in [1.82, 2.24) is 0 Å². The topological polar surface area (TPSA) is 13.1 Å². The second kappa shape index (κ2) is 4.17. The number of halogens is 2. The van der Waals surface area contributed by atoms with Crippen molar-refractivity contribution in [2.75, 3.05) is 0 Å². The molecule has 0 aliphatic heterocycles. The number of furan rings is 1. The maximum absolute atomic E-state index is 5.79. The SMILES string of the molecule is CC(Cl)CCc1occc1Br. The third kappa shape index (κ3) is 2.88. The van der Waals surface area contributed by atoms with Gasteiger partial charge in [-0.2, -0.15) is 0 Å². The van der Waals surface area contributed by atoms with E-state index in [1.807, 2.05) is 13.0 Å². The maximum Gasteiger partial charge on any atom is 0.117 e. The van der Waals surface area contributed by atoms with E-state index in [-0.39, 0.29) is 5.38 Å². The lowest BCUT2D eigenvalue weighted by atomic mass is 10.2. The van der Waals surface area contributed by atoms with E-state index in [1.165, 1.54) is 0 Å². The van der Waals surface area contributed by atoms with Gasteiger partial charge in [-0.1, -0.05) is 0 Å². The van der Waals surface area contributed by atoms with Crippen LogP contribution in [0.3, 0.4) is 0 Å². The van der Waals surface area contributed by atoms with Crippen LogP contribution in [0.4, 0.5) is 0 Å². The molecule has 1 aromatic heterocycles. The van der Waals surface area contributed by atoms with Crippen molar-refractivity contribution in [3.63, 3.8) is 0 Å². The molecule has 1 atom stereocenters.